The van der Waals surface area contributed by atoms with Crippen LogP contribution in [0, 0.1) is 0 Å². The van der Waals surface area contributed by atoms with Gasteiger partial charge < -0.3 is 0 Å². The van der Waals surface area contributed by atoms with Gasteiger partial charge in [0.15, 0.2) is 0 Å². The van der Waals surface area contributed by atoms with Gasteiger partial charge in [0.25, 0.3) is 0 Å². The predicted octanol–water partition coefficient (Wildman–Crippen LogP) is 7.51. The molecule has 0 heterocycles. The number of fused-ring (bicyclic) bond motifs is 3. The SMILES string of the molecule is CCCC(C)c1c[cH-]c2ccccc12.[Zr+2].c1cc2cc3c(cc2[cH-]1)CCC3. The Kier molecular flexibility index (Phi) is 6.88. The van der Waals surface area contributed by atoms with E-state index in [1.165, 1.54) is 59.2 Å². The monoisotopic (exact) mass is 430 g/mol. The molecule has 4 aromatic carbocycles. The summed E-state index contributed by atoms with van der Waals surface area (Å²) in [6.45, 7) is 4.58. The van der Waals surface area contributed by atoms with Crippen molar-refractivity contribution in [2.75, 3.05) is 0 Å². The average Bonchev–Trinajstić information content (AvgIpc) is 3.38. The molecule has 27 heavy (non-hydrogen) atoms. The van der Waals surface area contributed by atoms with Crippen molar-refractivity contribution < 1.29 is 26.2 Å². The molecule has 136 valence electrons. The van der Waals surface area contributed by atoms with Crippen molar-refractivity contribution in [2.24, 2.45) is 0 Å². The van der Waals surface area contributed by atoms with Crippen LogP contribution in [0.5, 0.6) is 0 Å². The molecule has 1 aliphatic rings. The summed E-state index contributed by atoms with van der Waals surface area (Å²) in [4.78, 5) is 0. The zero-order valence-corrected chi connectivity index (χ0v) is 18.9. The van der Waals surface area contributed by atoms with Gasteiger partial charge >= 0.3 is 26.2 Å². The van der Waals surface area contributed by atoms with Crippen molar-refractivity contribution in [3.8, 4) is 0 Å². The fourth-order valence-corrected chi connectivity index (χ4v) is 4.40. The number of rotatable bonds is 3. The summed E-state index contributed by atoms with van der Waals surface area (Å²) >= 11 is 0. The third-order valence-corrected chi connectivity index (χ3v) is 5.82. The largest absolute Gasteiger partial charge is 2.00 e. The Balaban J connectivity index is 0.000000151. The summed E-state index contributed by atoms with van der Waals surface area (Å²) in [7, 11) is 0. The topological polar surface area (TPSA) is 0 Å². The average molecular weight is 432 g/mol. The third kappa shape index (κ3) is 4.35. The van der Waals surface area contributed by atoms with Crippen LogP contribution >= 0.6 is 0 Å². The Hall–Kier alpha value is -1.46. The second kappa shape index (κ2) is 9.16. The van der Waals surface area contributed by atoms with E-state index in [4.69, 9.17) is 0 Å². The Bertz CT molecular complexity index is 963. The van der Waals surface area contributed by atoms with Crippen molar-refractivity contribution in [2.45, 2.75) is 51.9 Å². The van der Waals surface area contributed by atoms with Crippen LogP contribution in [0.25, 0.3) is 21.5 Å². The first kappa shape index (κ1) is 20.3. The van der Waals surface area contributed by atoms with E-state index in [2.05, 4.69) is 80.6 Å². The van der Waals surface area contributed by atoms with Gasteiger partial charge in [-0.15, -0.1) is 70.1 Å². The molecule has 1 atom stereocenters. The van der Waals surface area contributed by atoms with E-state index >= 15 is 0 Å². The van der Waals surface area contributed by atoms with Crippen LogP contribution in [0.4, 0.5) is 0 Å². The van der Waals surface area contributed by atoms with E-state index in [-0.39, 0.29) is 26.2 Å². The van der Waals surface area contributed by atoms with Gasteiger partial charge in [-0.05, 0) is 19.3 Å². The van der Waals surface area contributed by atoms with Crippen molar-refractivity contribution in [3.05, 3.63) is 83.4 Å². The molecule has 0 amide bonds. The number of hydrogen-bond acceptors (Lipinski definition) is 0. The van der Waals surface area contributed by atoms with Crippen molar-refractivity contribution >= 4 is 21.5 Å². The summed E-state index contributed by atoms with van der Waals surface area (Å²) in [6, 6.07) is 24.4. The fraction of sp³-hybridized carbons (Fsp3) is 0.308. The molecule has 0 N–H and O–H groups in total. The maximum atomic E-state index is 2.36. The normalized spacial score (nSPS) is 13.7. The molecule has 1 unspecified atom stereocenters. The molecule has 0 saturated heterocycles. The van der Waals surface area contributed by atoms with Crippen LogP contribution in [-0.4, -0.2) is 0 Å². The summed E-state index contributed by atoms with van der Waals surface area (Å²) in [6.07, 6.45) is 6.48. The van der Waals surface area contributed by atoms with Crippen molar-refractivity contribution in [1.29, 1.82) is 0 Å². The molecule has 0 fully saturated rings. The minimum Gasteiger partial charge on any atom is -0.168 e. The summed E-state index contributed by atoms with van der Waals surface area (Å²) < 4.78 is 0. The summed E-state index contributed by atoms with van der Waals surface area (Å²) in [5, 5.41) is 5.64. The third-order valence-electron chi connectivity index (χ3n) is 5.82. The molecule has 0 bridgehead atoms. The van der Waals surface area contributed by atoms with Gasteiger partial charge in [-0.25, -0.2) is 0 Å². The first-order chi connectivity index (χ1) is 12.8. The van der Waals surface area contributed by atoms with Gasteiger partial charge in [0, 0.05) is 0 Å². The van der Waals surface area contributed by atoms with E-state index in [1.54, 1.807) is 11.1 Å². The first-order valence-electron chi connectivity index (χ1n) is 10.1. The Morgan fingerprint density at radius 2 is 1.74 bits per heavy atom. The summed E-state index contributed by atoms with van der Waals surface area (Å²) in [5.41, 5.74) is 4.67. The zero-order chi connectivity index (χ0) is 17.9. The molecular weight excluding hydrogens is 404 g/mol. The molecular formula is C26H28Zr. The fourth-order valence-electron chi connectivity index (χ4n) is 4.40. The predicted molar refractivity (Wildman–Crippen MR) is 114 cm³/mol. The summed E-state index contributed by atoms with van der Waals surface area (Å²) in [5.74, 6) is 0.694. The number of aryl methyl sites for hydroxylation is 2. The molecule has 5 rings (SSSR count). The van der Waals surface area contributed by atoms with E-state index in [0.717, 1.165) is 0 Å². The van der Waals surface area contributed by atoms with Crippen LogP contribution in [0.15, 0.2) is 66.7 Å². The molecule has 0 nitrogen and oxygen atoms in total. The van der Waals surface area contributed by atoms with Gasteiger partial charge in [-0.2, -0.15) is 17.7 Å². The molecule has 0 spiro atoms. The first-order valence-corrected chi connectivity index (χ1v) is 10.1. The minimum absolute atomic E-state index is 0. The Morgan fingerprint density at radius 1 is 0.963 bits per heavy atom. The Morgan fingerprint density at radius 3 is 2.56 bits per heavy atom. The van der Waals surface area contributed by atoms with Crippen LogP contribution in [-0.2, 0) is 39.0 Å². The van der Waals surface area contributed by atoms with Crippen LogP contribution < -0.4 is 0 Å². The maximum absolute atomic E-state index is 2.36. The minimum atomic E-state index is 0. The van der Waals surface area contributed by atoms with E-state index in [0.29, 0.717) is 5.92 Å². The van der Waals surface area contributed by atoms with Gasteiger partial charge in [-0.3, -0.25) is 0 Å². The van der Waals surface area contributed by atoms with Crippen LogP contribution in [0.1, 0.15) is 55.7 Å². The molecule has 1 heteroatoms. The molecule has 0 aromatic heterocycles. The molecule has 0 saturated carbocycles. The van der Waals surface area contributed by atoms with Gasteiger partial charge in [0.1, 0.15) is 0 Å². The van der Waals surface area contributed by atoms with Crippen molar-refractivity contribution in [3.63, 3.8) is 0 Å². The quantitative estimate of drug-likeness (QED) is 0.294. The number of hydrogen-bond donors (Lipinski definition) is 0. The Labute approximate surface area is 182 Å². The van der Waals surface area contributed by atoms with Gasteiger partial charge in [0.05, 0.1) is 0 Å². The van der Waals surface area contributed by atoms with E-state index in [1.807, 2.05) is 0 Å². The zero-order valence-electron chi connectivity index (χ0n) is 16.5. The van der Waals surface area contributed by atoms with Crippen LogP contribution in [0.2, 0.25) is 0 Å². The molecule has 4 aromatic rings. The van der Waals surface area contributed by atoms with Crippen LogP contribution in [0.3, 0.4) is 0 Å². The molecule has 1 aliphatic carbocycles. The molecule has 0 radical (unpaired) electrons. The standard InChI is InChI=1S/C14H17.C12H11.Zr/c1-3-6-11(2)13-10-9-12-7-4-5-8-14(12)13;1-3-9-7-11-5-2-6-12(11)8-10(9)4-1;/h4-5,7-11H,3,6H2,1-2H3;1,3-4,7-8H,2,5-6H2;/q2*-1;+2. The van der Waals surface area contributed by atoms with Gasteiger partial charge in [0.2, 0.25) is 0 Å². The molecule has 0 aliphatic heterocycles. The second-order valence-corrected chi connectivity index (χ2v) is 7.69. The van der Waals surface area contributed by atoms with Gasteiger partial charge in [-0.1, -0.05) is 49.8 Å². The maximum Gasteiger partial charge on any atom is 2.00 e. The van der Waals surface area contributed by atoms with E-state index < -0.39 is 0 Å². The van der Waals surface area contributed by atoms with E-state index in [9.17, 15) is 0 Å². The second-order valence-electron chi connectivity index (χ2n) is 7.69. The van der Waals surface area contributed by atoms with Crippen molar-refractivity contribution in [1.82, 2.24) is 0 Å². The smallest absolute Gasteiger partial charge is 0.168 e. The number of benzene rings is 2.